The molecule has 0 aliphatic heterocycles. The fraction of sp³-hybridized carbons (Fsp3) is 0.538. The van der Waals surface area contributed by atoms with Crippen LogP contribution in [0.4, 0.5) is 0 Å². The Morgan fingerprint density at radius 2 is 2.00 bits per heavy atom. The summed E-state index contributed by atoms with van der Waals surface area (Å²) in [4.78, 5) is 0. The predicted molar refractivity (Wildman–Crippen MR) is 61.4 cm³/mol. The Hall–Kier alpha value is -0.860. The molecule has 0 spiro atoms. The van der Waals surface area contributed by atoms with Crippen molar-refractivity contribution in [2.75, 3.05) is 0 Å². The molecule has 2 rings (SSSR count). The van der Waals surface area contributed by atoms with Crippen LogP contribution in [0, 0.1) is 5.41 Å². The van der Waals surface area contributed by atoms with Crippen molar-refractivity contribution in [2.45, 2.75) is 39.0 Å². The number of hydrogen-bond acceptors (Lipinski definition) is 2. The SMILES string of the molecule is CC1(C)[C@@H](N)C[C@H]1OCc1ccccc1. The third-order valence-corrected chi connectivity index (χ3v) is 3.55. The van der Waals surface area contributed by atoms with Gasteiger partial charge in [-0.25, -0.2) is 0 Å². The van der Waals surface area contributed by atoms with E-state index in [-0.39, 0.29) is 5.41 Å². The van der Waals surface area contributed by atoms with Crippen LogP contribution in [0.15, 0.2) is 30.3 Å². The third-order valence-electron chi connectivity index (χ3n) is 3.55. The summed E-state index contributed by atoms with van der Waals surface area (Å²) in [5.74, 6) is 0. The van der Waals surface area contributed by atoms with Gasteiger partial charge in [0.25, 0.3) is 0 Å². The van der Waals surface area contributed by atoms with Crippen molar-refractivity contribution >= 4 is 0 Å². The second-order valence-corrected chi connectivity index (χ2v) is 4.95. The summed E-state index contributed by atoms with van der Waals surface area (Å²) in [5, 5.41) is 0. The van der Waals surface area contributed by atoms with Gasteiger partial charge in [-0.05, 0) is 12.0 Å². The molecule has 0 radical (unpaired) electrons. The lowest BCUT2D eigenvalue weighted by Crippen LogP contribution is -2.58. The Kier molecular flexibility index (Phi) is 2.81. The van der Waals surface area contributed by atoms with Gasteiger partial charge in [-0.2, -0.15) is 0 Å². The first-order valence-corrected chi connectivity index (χ1v) is 5.52. The van der Waals surface area contributed by atoms with Crippen molar-refractivity contribution in [1.29, 1.82) is 0 Å². The number of benzene rings is 1. The van der Waals surface area contributed by atoms with Crippen LogP contribution in [-0.4, -0.2) is 12.1 Å². The van der Waals surface area contributed by atoms with Crippen molar-refractivity contribution in [3.05, 3.63) is 35.9 Å². The second kappa shape index (κ2) is 3.95. The van der Waals surface area contributed by atoms with Crippen molar-refractivity contribution in [2.24, 2.45) is 11.1 Å². The molecule has 2 N–H and O–H groups in total. The molecule has 1 aromatic carbocycles. The lowest BCUT2D eigenvalue weighted by Gasteiger charge is -2.49. The molecule has 0 aromatic heterocycles. The van der Waals surface area contributed by atoms with E-state index in [0.717, 1.165) is 6.42 Å². The van der Waals surface area contributed by atoms with Gasteiger partial charge in [0.15, 0.2) is 0 Å². The molecule has 15 heavy (non-hydrogen) atoms. The molecule has 1 aliphatic carbocycles. The summed E-state index contributed by atoms with van der Waals surface area (Å²) >= 11 is 0. The lowest BCUT2D eigenvalue weighted by atomic mass is 9.65. The van der Waals surface area contributed by atoms with E-state index in [0.29, 0.717) is 18.8 Å². The molecule has 0 unspecified atom stereocenters. The summed E-state index contributed by atoms with van der Waals surface area (Å²) in [6, 6.07) is 10.6. The van der Waals surface area contributed by atoms with E-state index in [4.69, 9.17) is 10.5 Å². The molecule has 1 fully saturated rings. The molecule has 2 nitrogen and oxygen atoms in total. The maximum absolute atomic E-state index is 5.94. The largest absolute Gasteiger partial charge is 0.373 e. The number of hydrogen-bond donors (Lipinski definition) is 1. The van der Waals surface area contributed by atoms with Gasteiger partial charge in [0.2, 0.25) is 0 Å². The molecule has 2 heteroatoms. The molecular formula is C13H19NO. The smallest absolute Gasteiger partial charge is 0.0720 e. The van der Waals surface area contributed by atoms with Crippen LogP contribution < -0.4 is 5.73 Å². The van der Waals surface area contributed by atoms with E-state index in [9.17, 15) is 0 Å². The molecule has 0 saturated heterocycles. The van der Waals surface area contributed by atoms with Gasteiger partial charge in [-0.15, -0.1) is 0 Å². The zero-order valence-corrected chi connectivity index (χ0v) is 9.44. The van der Waals surface area contributed by atoms with Crippen molar-refractivity contribution < 1.29 is 4.74 Å². The van der Waals surface area contributed by atoms with Crippen LogP contribution in [0.25, 0.3) is 0 Å². The zero-order chi connectivity index (χ0) is 10.9. The standard InChI is InChI=1S/C13H19NO/c1-13(2)11(14)8-12(13)15-9-10-6-4-3-5-7-10/h3-7,11-12H,8-9,14H2,1-2H3/t11-,12+/m0/s1. The summed E-state index contributed by atoms with van der Waals surface area (Å²) in [6.07, 6.45) is 1.30. The number of nitrogens with two attached hydrogens (primary N) is 1. The second-order valence-electron chi connectivity index (χ2n) is 4.95. The van der Waals surface area contributed by atoms with Gasteiger partial charge in [-0.3, -0.25) is 0 Å². The average molecular weight is 205 g/mol. The van der Waals surface area contributed by atoms with Crippen LogP contribution in [-0.2, 0) is 11.3 Å². The summed E-state index contributed by atoms with van der Waals surface area (Å²) in [7, 11) is 0. The number of ether oxygens (including phenoxy) is 1. The van der Waals surface area contributed by atoms with E-state index >= 15 is 0 Å². The average Bonchev–Trinajstić information content (AvgIpc) is 2.25. The maximum Gasteiger partial charge on any atom is 0.0720 e. The first-order valence-electron chi connectivity index (χ1n) is 5.52. The highest BCUT2D eigenvalue weighted by Crippen LogP contribution is 2.41. The molecule has 1 aliphatic rings. The molecule has 1 saturated carbocycles. The van der Waals surface area contributed by atoms with Crippen molar-refractivity contribution in [3.8, 4) is 0 Å². The van der Waals surface area contributed by atoms with Crippen molar-refractivity contribution in [1.82, 2.24) is 0 Å². The summed E-state index contributed by atoms with van der Waals surface area (Å²) in [6.45, 7) is 5.05. The van der Waals surface area contributed by atoms with Crippen LogP contribution in [0.3, 0.4) is 0 Å². The highest BCUT2D eigenvalue weighted by atomic mass is 16.5. The van der Waals surface area contributed by atoms with Crippen molar-refractivity contribution in [3.63, 3.8) is 0 Å². The molecule has 0 bridgehead atoms. The first-order chi connectivity index (χ1) is 7.10. The quantitative estimate of drug-likeness (QED) is 0.822. The highest BCUT2D eigenvalue weighted by molar-refractivity contribution is 5.13. The van der Waals surface area contributed by atoms with E-state index < -0.39 is 0 Å². The minimum atomic E-state index is 0.134. The normalized spacial score (nSPS) is 28.5. The minimum absolute atomic E-state index is 0.134. The van der Waals surface area contributed by atoms with Gasteiger partial charge in [-0.1, -0.05) is 44.2 Å². The van der Waals surface area contributed by atoms with E-state index in [1.165, 1.54) is 5.56 Å². The Bertz CT molecular complexity index is 321. The van der Waals surface area contributed by atoms with E-state index in [1.54, 1.807) is 0 Å². The molecule has 82 valence electrons. The Balaban J connectivity index is 1.85. The summed E-state index contributed by atoms with van der Waals surface area (Å²) in [5.41, 5.74) is 7.30. The van der Waals surface area contributed by atoms with Gasteiger partial charge >= 0.3 is 0 Å². The fourth-order valence-corrected chi connectivity index (χ4v) is 1.97. The molecule has 0 heterocycles. The van der Waals surface area contributed by atoms with Crippen LogP contribution in [0.1, 0.15) is 25.8 Å². The van der Waals surface area contributed by atoms with Crippen LogP contribution in [0.5, 0.6) is 0 Å². The van der Waals surface area contributed by atoms with Gasteiger partial charge in [0.05, 0.1) is 12.7 Å². The maximum atomic E-state index is 5.94. The predicted octanol–water partition coefficient (Wildman–Crippen LogP) is 2.33. The minimum Gasteiger partial charge on any atom is -0.373 e. The van der Waals surface area contributed by atoms with Crippen LogP contribution >= 0.6 is 0 Å². The number of rotatable bonds is 3. The van der Waals surface area contributed by atoms with Gasteiger partial charge < -0.3 is 10.5 Å². The van der Waals surface area contributed by atoms with Crippen LogP contribution in [0.2, 0.25) is 0 Å². The van der Waals surface area contributed by atoms with Gasteiger partial charge in [0.1, 0.15) is 0 Å². The Morgan fingerprint density at radius 1 is 1.33 bits per heavy atom. The van der Waals surface area contributed by atoms with E-state index in [1.807, 2.05) is 18.2 Å². The molecule has 0 amide bonds. The fourth-order valence-electron chi connectivity index (χ4n) is 1.97. The topological polar surface area (TPSA) is 35.2 Å². The molecule has 2 atom stereocenters. The monoisotopic (exact) mass is 205 g/mol. The molecule has 1 aromatic rings. The lowest BCUT2D eigenvalue weighted by molar-refractivity contribution is -0.115. The first kappa shape index (κ1) is 10.7. The van der Waals surface area contributed by atoms with Gasteiger partial charge in [0, 0.05) is 11.5 Å². The third kappa shape index (κ3) is 2.06. The zero-order valence-electron chi connectivity index (χ0n) is 9.44. The molecular weight excluding hydrogens is 186 g/mol. The summed E-state index contributed by atoms with van der Waals surface area (Å²) < 4.78 is 5.87. The highest BCUT2D eigenvalue weighted by Gasteiger charge is 2.46. The Labute approximate surface area is 91.4 Å². The van der Waals surface area contributed by atoms with E-state index in [2.05, 4.69) is 26.0 Å². The Morgan fingerprint density at radius 3 is 2.53 bits per heavy atom.